The number of methoxy groups -OCH3 is 1. The maximum atomic E-state index is 12.4. The molecule has 0 saturated carbocycles. The minimum absolute atomic E-state index is 0.0403. The van der Waals surface area contributed by atoms with E-state index in [1.165, 1.54) is 0 Å². The lowest BCUT2D eigenvalue weighted by Crippen LogP contribution is -2.27. The van der Waals surface area contributed by atoms with Gasteiger partial charge in [-0.2, -0.15) is 0 Å². The number of benzene rings is 2. The molecule has 0 spiro atoms. The quantitative estimate of drug-likeness (QED) is 0.536. The highest BCUT2D eigenvalue weighted by Gasteiger charge is 2.16. The van der Waals surface area contributed by atoms with E-state index in [0.717, 1.165) is 38.1 Å². The molecule has 1 unspecified atom stereocenters. The summed E-state index contributed by atoms with van der Waals surface area (Å²) in [4.78, 5) is 13.5. The molecule has 27 heavy (non-hydrogen) atoms. The molecule has 0 fully saturated rings. The van der Waals surface area contributed by atoms with E-state index >= 15 is 0 Å². The van der Waals surface area contributed by atoms with Crippen molar-refractivity contribution in [3.63, 3.8) is 0 Å². The molecule has 2 aromatic rings. The highest BCUT2D eigenvalue weighted by Crippen LogP contribution is 2.32. The van der Waals surface area contributed by atoms with Crippen LogP contribution < -0.4 is 10.1 Å². The molecular weight excluding hydrogens is 378 g/mol. The Morgan fingerprint density at radius 3 is 2.41 bits per heavy atom. The molecule has 1 amide bonds. The van der Waals surface area contributed by atoms with Gasteiger partial charge in [0.15, 0.2) is 0 Å². The third-order valence-corrected chi connectivity index (χ3v) is 5.76. The Hall–Kier alpha value is -1.65. The van der Waals surface area contributed by atoms with Crippen molar-refractivity contribution in [2.45, 2.75) is 51.0 Å². The summed E-state index contributed by atoms with van der Waals surface area (Å²) < 4.78 is 5.51. The first-order valence-corrected chi connectivity index (χ1v) is 10.5. The number of carbonyl (C=O) groups is 1. The summed E-state index contributed by atoms with van der Waals surface area (Å²) in [7, 11) is 1.70. The number of hydrogen-bond donors (Lipinski definition) is 1. The molecule has 2 rings (SSSR count). The lowest BCUT2D eigenvalue weighted by atomic mass is 9.93. The van der Waals surface area contributed by atoms with Gasteiger partial charge in [-0.1, -0.05) is 25.4 Å². The van der Waals surface area contributed by atoms with Gasteiger partial charge in [0.25, 0.3) is 0 Å². The third-order valence-electron chi connectivity index (χ3n) is 4.50. The van der Waals surface area contributed by atoms with Crippen LogP contribution in [0.2, 0.25) is 5.02 Å². The van der Waals surface area contributed by atoms with Crippen molar-refractivity contribution in [2.75, 3.05) is 12.9 Å². The molecule has 0 bridgehead atoms. The van der Waals surface area contributed by atoms with E-state index in [1.807, 2.05) is 31.2 Å². The van der Waals surface area contributed by atoms with Crippen molar-refractivity contribution in [3.05, 3.63) is 58.1 Å². The largest absolute Gasteiger partial charge is 0.496 e. The average molecular weight is 406 g/mol. The molecule has 3 nitrogen and oxygen atoms in total. The van der Waals surface area contributed by atoms with E-state index in [-0.39, 0.29) is 11.9 Å². The summed E-state index contributed by atoms with van der Waals surface area (Å²) in [5.41, 5.74) is 3.43. The highest BCUT2D eigenvalue weighted by atomic mass is 35.5. The van der Waals surface area contributed by atoms with Gasteiger partial charge >= 0.3 is 0 Å². The molecule has 0 heterocycles. The molecule has 1 N–H and O–H groups in total. The Balaban J connectivity index is 1.95. The molecule has 0 aromatic heterocycles. The molecule has 0 aliphatic rings. The lowest BCUT2D eigenvalue weighted by Gasteiger charge is -2.21. The number of hydrogen-bond acceptors (Lipinski definition) is 3. The van der Waals surface area contributed by atoms with Crippen LogP contribution in [0.5, 0.6) is 5.75 Å². The summed E-state index contributed by atoms with van der Waals surface area (Å²) in [6.07, 6.45) is 0.476. The minimum Gasteiger partial charge on any atom is -0.496 e. The molecule has 0 aliphatic heterocycles. The van der Waals surface area contributed by atoms with Crippen LogP contribution in [0.25, 0.3) is 0 Å². The third kappa shape index (κ3) is 6.18. The van der Waals surface area contributed by atoms with Gasteiger partial charge in [0.2, 0.25) is 5.91 Å². The fraction of sp³-hybridized carbons (Fsp3) is 0.409. The monoisotopic (exact) mass is 405 g/mol. The molecule has 0 saturated heterocycles. The Morgan fingerprint density at radius 1 is 1.15 bits per heavy atom. The van der Waals surface area contributed by atoms with E-state index < -0.39 is 0 Å². The summed E-state index contributed by atoms with van der Waals surface area (Å²) in [5, 5.41) is 3.85. The van der Waals surface area contributed by atoms with Crippen LogP contribution in [0.3, 0.4) is 0 Å². The van der Waals surface area contributed by atoms with Crippen LogP contribution in [0.1, 0.15) is 55.8 Å². The normalized spacial score (nSPS) is 12.1. The van der Waals surface area contributed by atoms with Crippen molar-refractivity contribution >= 4 is 29.3 Å². The van der Waals surface area contributed by atoms with E-state index in [0.29, 0.717) is 12.3 Å². The molecule has 5 heteroatoms. The zero-order valence-electron chi connectivity index (χ0n) is 16.6. The molecule has 0 aliphatic carbocycles. The van der Waals surface area contributed by atoms with E-state index in [4.69, 9.17) is 16.3 Å². The Bertz CT molecular complexity index is 775. The number of carbonyl (C=O) groups excluding carboxylic acids is 1. The van der Waals surface area contributed by atoms with Crippen molar-refractivity contribution in [3.8, 4) is 5.75 Å². The van der Waals surface area contributed by atoms with Gasteiger partial charge in [-0.25, -0.2) is 0 Å². The van der Waals surface area contributed by atoms with Gasteiger partial charge < -0.3 is 10.1 Å². The highest BCUT2D eigenvalue weighted by molar-refractivity contribution is 7.99. The molecular formula is C22H28ClNO2S. The maximum Gasteiger partial charge on any atom is 0.221 e. The maximum absolute atomic E-state index is 12.4. The molecule has 146 valence electrons. The topological polar surface area (TPSA) is 38.3 Å². The summed E-state index contributed by atoms with van der Waals surface area (Å²) >= 11 is 7.55. The van der Waals surface area contributed by atoms with Gasteiger partial charge in [0.1, 0.15) is 5.75 Å². The van der Waals surface area contributed by atoms with Gasteiger partial charge in [-0.05, 0) is 72.9 Å². The first-order chi connectivity index (χ1) is 12.8. The SMILES string of the molecule is COc1cc(C)c(C(C)NC(=O)CCSc2ccc(Cl)cc2)cc1C(C)C. The van der Waals surface area contributed by atoms with Crippen molar-refractivity contribution in [1.29, 1.82) is 0 Å². The number of nitrogens with one attached hydrogen (secondary N) is 1. The predicted octanol–water partition coefficient (Wildman–Crippen LogP) is 6.14. The van der Waals surface area contributed by atoms with Gasteiger partial charge in [-0.3, -0.25) is 4.79 Å². The smallest absolute Gasteiger partial charge is 0.221 e. The number of thioether (sulfide) groups is 1. The van der Waals surface area contributed by atoms with Crippen molar-refractivity contribution < 1.29 is 9.53 Å². The van der Waals surface area contributed by atoms with Crippen molar-refractivity contribution in [2.24, 2.45) is 0 Å². The van der Waals surface area contributed by atoms with Crippen LogP contribution in [-0.4, -0.2) is 18.8 Å². The molecule has 2 aromatic carbocycles. The second-order valence-corrected chi connectivity index (χ2v) is 8.55. The average Bonchev–Trinajstić information content (AvgIpc) is 2.62. The Kier molecular flexibility index (Phi) is 8.06. The minimum atomic E-state index is -0.0403. The van der Waals surface area contributed by atoms with E-state index in [1.54, 1.807) is 18.9 Å². The predicted molar refractivity (Wildman–Crippen MR) is 115 cm³/mol. The standard InChI is InChI=1S/C22H28ClNO2S/c1-14(2)19-13-20(15(3)12-21(19)26-5)16(4)24-22(25)10-11-27-18-8-6-17(23)7-9-18/h6-9,12-14,16H,10-11H2,1-5H3,(H,24,25). The number of rotatable bonds is 8. The second-order valence-electron chi connectivity index (χ2n) is 6.95. The number of halogens is 1. The first-order valence-electron chi connectivity index (χ1n) is 9.18. The van der Waals surface area contributed by atoms with Crippen LogP contribution in [0.4, 0.5) is 0 Å². The summed E-state index contributed by atoms with van der Waals surface area (Å²) in [6.45, 7) is 8.38. The Morgan fingerprint density at radius 2 is 1.81 bits per heavy atom. The number of ether oxygens (including phenoxy) is 1. The van der Waals surface area contributed by atoms with E-state index in [2.05, 4.69) is 38.2 Å². The molecule has 1 atom stereocenters. The lowest BCUT2D eigenvalue weighted by molar-refractivity contribution is -0.121. The fourth-order valence-electron chi connectivity index (χ4n) is 2.99. The van der Waals surface area contributed by atoms with Crippen LogP contribution in [0.15, 0.2) is 41.3 Å². The fourth-order valence-corrected chi connectivity index (χ4v) is 3.97. The number of aryl methyl sites for hydroxylation is 1. The number of amides is 1. The van der Waals surface area contributed by atoms with Gasteiger partial charge in [0.05, 0.1) is 13.2 Å². The molecule has 0 radical (unpaired) electrons. The van der Waals surface area contributed by atoms with Crippen LogP contribution >= 0.6 is 23.4 Å². The summed E-state index contributed by atoms with van der Waals surface area (Å²) in [6, 6.07) is 11.9. The second kappa shape index (κ2) is 10.0. The zero-order chi connectivity index (χ0) is 20.0. The first kappa shape index (κ1) is 21.6. The summed E-state index contributed by atoms with van der Waals surface area (Å²) in [5.74, 6) is 2.06. The van der Waals surface area contributed by atoms with Gasteiger partial charge in [0, 0.05) is 22.1 Å². The van der Waals surface area contributed by atoms with Crippen molar-refractivity contribution in [1.82, 2.24) is 5.32 Å². The van der Waals surface area contributed by atoms with Gasteiger partial charge in [-0.15, -0.1) is 11.8 Å². The van der Waals surface area contributed by atoms with Crippen LogP contribution in [0, 0.1) is 6.92 Å². The Labute approximate surface area is 171 Å². The van der Waals surface area contributed by atoms with Crippen LogP contribution in [-0.2, 0) is 4.79 Å². The van der Waals surface area contributed by atoms with E-state index in [9.17, 15) is 4.79 Å². The zero-order valence-corrected chi connectivity index (χ0v) is 18.2.